The first-order chi connectivity index (χ1) is 11.0. The van der Waals surface area contributed by atoms with Crippen molar-refractivity contribution in [2.24, 2.45) is 0 Å². The van der Waals surface area contributed by atoms with Gasteiger partial charge in [-0.25, -0.2) is 0 Å². The summed E-state index contributed by atoms with van der Waals surface area (Å²) >= 11 is 0. The van der Waals surface area contributed by atoms with Crippen molar-refractivity contribution < 1.29 is 24.2 Å². The maximum Gasteiger partial charge on any atom is 0.305 e. The lowest BCUT2D eigenvalue weighted by atomic mass is 10.1. The van der Waals surface area contributed by atoms with Gasteiger partial charge in [0.25, 0.3) is 5.91 Å². The molecular formula is C17H21NO5. The van der Waals surface area contributed by atoms with Crippen LogP contribution in [0, 0.1) is 0 Å². The van der Waals surface area contributed by atoms with E-state index < -0.39 is 12.0 Å². The first kappa shape index (κ1) is 17.0. The van der Waals surface area contributed by atoms with E-state index in [0.717, 1.165) is 5.57 Å². The number of hydrogen-bond donors (Lipinski definition) is 1. The first-order valence-corrected chi connectivity index (χ1v) is 7.45. The average molecular weight is 319 g/mol. The summed E-state index contributed by atoms with van der Waals surface area (Å²) in [4.78, 5) is 25.2. The molecule has 0 saturated carbocycles. The molecule has 1 amide bonds. The molecule has 1 aromatic rings. The Morgan fingerprint density at radius 3 is 2.96 bits per heavy atom. The summed E-state index contributed by atoms with van der Waals surface area (Å²) in [6.07, 6.45) is -0.127. The Morgan fingerprint density at radius 2 is 2.26 bits per heavy atom. The van der Waals surface area contributed by atoms with Gasteiger partial charge in [0, 0.05) is 12.1 Å². The fourth-order valence-electron chi connectivity index (χ4n) is 2.38. The molecule has 2 rings (SSSR count). The molecule has 0 aromatic heterocycles. The number of carbonyl (C=O) groups is 2. The van der Waals surface area contributed by atoms with Crippen LogP contribution in [0.25, 0.3) is 0 Å². The van der Waals surface area contributed by atoms with Gasteiger partial charge in [-0.1, -0.05) is 12.6 Å². The smallest absolute Gasteiger partial charge is 0.305 e. The molecule has 0 unspecified atom stereocenters. The fraction of sp³-hybridized carbons (Fsp3) is 0.412. The lowest BCUT2D eigenvalue weighted by Crippen LogP contribution is -2.49. The predicted octanol–water partition coefficient (Wildman–Crippen LogP) is 1.96. The van der Waals surface area contributed by atoms with E-state index in [1.54, 1.807) is 29.2 Å². The highest BCUT2D eigenvalue weighted by Gasteiger charge is 2.29. The molecule has 1 heterocycles. The lowest BCUT2D eigenvalue weighted by molar-refractivity contribution is -0.139. The van der Waals surface area contributed by atoms with Crippen LogP contribution in [-0.4, -0.2) is 54.3 Å². The minimum absolute atomic E-state index is 0.127. The molecule has 1 N–H and O–H groups in total. The highest BCUT2D eigenvalue weighted by Crippen LogP contribution is 2.19. The normalized spacial score (nSPS) is 17.6. The Labute approximate surface area is 135 Å². The second-order valence-electron chi connectivity index (χ2n) is 5.60. The SMILES string of the molecule is C=C(C)COc1cccc(C(=O)N2CCOC[C@@H]2CC(=O)O)c1. The summed E-state index contributed by atoms with van der Waals surface area (Å²) in [7, 11) is 0. The zero-order valence-corrected chi connectivity index (χ0v) is 13.2. The summed E-state index contributed by atoms with van der Waals surface area (Å²) < 4.78 is 10.8. The highest BCUT2D eigenvalue weighted by atomic mass is 16.5. The quantitative estimate of drug-likeness (QED) is 0.811. The molecule has 0 radical (unpaired) electrons. The van der Waals surface area contributed by atoms with Gasteiger partial charge >= 0.3 is 5.97 Å². The molecule has 0 aliphatic carbocycles. The van der Waals surface area contributed by atoms with E-state index in [9.17, 15) is 9.59 Å². The van der Waals surface area contributed by atoms with E-state index in [0.29, 0.717) is 31.1 Å². The Bertz CT molecular complexity index is 598. The number of morpholine rings is 1. The summed E-state index contributed by atoms with van der Waals surface area (Å²) in [6, 6.07) is 6.43. The van der Waals surface area contributed by atoms with Crippen LogP contribution >= 0.6 is 0 Å². The maximum atomic E-state index is 12.7. The average Bonchev–Trinajstić information content (AvgIpc) is 2.52. The van der Waals surface area contributed by atoms with Crippen molar-refractivity contribution in [3.8, 4) is 5.75 Å². The topological polar surface area (TPSA) is 76.1 Å². The number of carbonyl (C=O) groups excluding carboxylic acids is 1. The molecule has 1 aliphatic heterocycles. The molecule has 6 nitrogen and oxygen atoms in total. The third-order valence-corrected chi connectivity index (χ3v) is 3.46. The Kier molecular flexibility index (Phi) is 5.76. The standard InChI is InChI=1S/C17H21NO5/c1-12(2)10-23-15-5-3-4-13(8-15)17(21)18-6-7-22-11-14(18)9-16(19)20/h3-5,8,14H,1,6-7,9-11H2,2H3,(H,19,20)/t14-/m0/s1. The predicted molar refractivity (Wildman–Crippen MR) is 84.6 cm³/mol. The van der Waals surface area contributed by atoms with Gasteiger partial charge < -0.3 is 19.5 Å². The lowest BCUT2D eigenvalue weighted by Gasteiger charge is -2.34. The monoisotopic (exact) mass is 319 g/mol. The minimum atomic E-state index is -0.947. The fourth-order valence-corrected chi connectivity index (χ4v) is 2.38. The number of nitrogens with zero attached hydrogens (tertiary/aromatic N) is 1. The van der Waals surface area contributed by atoms with Crippen LogP contribution in [0.15, 0.2) is 36.4 Å². The summed E-state index contributed by atoms with van der Waals surface area (Å²) in [5.74, 6) is -0.570. The number of carboxylic acid groups (broad SMARTS) is 1. The van der Waals surface area contributed by atoms with Crippen molar-refractivity contribution in [3.05, 3.63) is 42.0 Å². The van der Waals surface area contributed by atoms with Crippen LogP contribution in [0.1, 0.15) is 23.7 Å². The number of rotatable bonds is 6. The number of aliphatic carboxylic acids is 1. The minimum Gasteiger partial charge on any atom is -0.489 e. The molecule has 1 aliphatic rings. The number of ether oxygens (including phenoxy) is 2. The molecular weight excluding hydrogens is 298 g/mol. The zero-order valence-electron chi connectivity index (χ0n) is 13.2. The summed E-state index contributed by atoms with van der Waals surface area (Å²) in [5, 5.41) is 8.98. The molecule has 1 atom stereocenters. The number of amides is 1. The Balaban J connectivity index is 2.12. The maximum absolute atomic E-state index is 12.7. The first-order valence-electron chi connectivity index (χ1n) is 7.45. The van der Waals surface area contributed by atoms with E-state index in [4.69, 9.17) is 14.6 Å². The van der Waals surface area contributed by atoms with Gasteiger partial charge in [-0.2, -0.15) is 0 Å². The molecule has 124 valence electrons. The van der Waals surface area contributed by atoms with Crippen LogP contribution in [0.5, 0.6) is 5.75 Å². The molecule has 1 aromatic carbocycles. The third-order valence-electron chi connectivity index (χ3n) is 3.46. The largest absolute Gasteiger partial charge is 0.489 e. The zero-order chi connectivity index (χ0) is 16.8. The van der Waals surface area contributed by atoms with Gasteiger partial charge in [-0.05, 0) is 30.7 Å². The van der Waals surface area contributed by atoms with Gasteiger partial charge in [-0.3, -0.25) is 9.59 Å². The second kappa shape index (κ2) is 7.78. The number of benzene rings is 1. The second-order valence-corrected chi connectivity index (χ2v) is 5.60. The van der Waals surface area contributed by atoms with E-state index >= 15 is 0 Å². The van der Waals surface area contributed by atoms with Crippen LogP contribution in [0.4, 0.5) is 0 Å². The highest BCUT2D eigenvalue weighted by molar-refractivity contribution is 5.95. The van der Waals surface area contributed by atoms with Crippen molar-refractivity contribution in [2.45, 2.75) is 19.4 Å². The van der Waals surface area contributed by atoms with Gasteiger partial charge in [0.15, 0.2) is 0 Å². The van der Waals surface area contributed by atoms with Crippen LogP contribution < -0.4 is 4.74 Å². The van der Waals surface area contributed by atoms with E-state index in [1.807, 2.05) is 6.92 Å². The van der Waals surface area contributed by atoms with Gasteiger partial charge in [-0.15, -0.1) is 0 Å². The van der Waals surface area contributed by atoms with Crippen LogP contribution in [0.2, 0.25) is 0 Å². The van der Waals surface area contributed by atoms with Gasteiger partial charge in [0.2, 0.25) is 0 Å². The molecule has 1 saturated heterocycles. The summed E-state index contributed by atoms with van der Waals surface area (Å²) in [6.45, 7) is 7.05. The summed E-state index contributed by atoms with van der Waals surface area (Å²) in [5.41, 5.74) is 1.36. The molecule has 6 heteroatoms. The molecule has 23 heavy (non-hydrogen) atoms. The molecule has 1 fully saturated rings. The van der Waals surface area contributed by atoms with Gasteiger partial charge in [0.1, 0.15) is 12.4 Å². The van der Waals surface area contributed by atoms with Crippen molar-refractivity contribution in [1.82, 2.24) is 4.90 Å². The Morgan fingerprint density at radius 1 is 1.48 bits per heavy atom. The van der Waals surface area contributed by atoms with Crippen LogP contribution in [-0.2, 0) is 9.53 Å². The number of carboxylic acids is 1. The van der Waals surface area contributed by atoms with E-state index in [1.165, 1.54) is 0 Å². The van der Waals surface area contributed by atoms with E-state index in [-0.39, 0.29) is 18.9 Å². The van der Waals surface area contributed by atoms with Crippen LogP contribution in [0.3, 0.4) is 0 Å². The van der Waals surface area contributed by atoms with Crippen molar-refractivity contribution in [1.29, 1.82) is 0 Å². The van der Waals surface area contributed by atoms with Crippen molar-refractivity contribution in [2.75, 3.05) is 26.4 Å². The van der Waals surface area contributed by atoms with E-state index in [2.05, 4.69) is 6.58 Å². The Hall–Kier alpha value is -2.34. The molecule has 0 bridgehead atoms. The van der Waals surface area contributed by atoms with Crippen molar-refractivity contribution in [3.63, 3.8) is 0 Å². The van der Waals surface area contributed by atoms with Gasteiger partial charge in [0.05, 0.1) is 25.7 Å². The molecule has 0 spiro atoms. The van der Waals surface area contributed by atoms with Crippen molar-refractivity contribution >= 4 is 11.9 Å². The third kappa shape index (κ3) is 4.82. The number of hydrogen-bond acceptors (Lipinski definition) is 4.